The molecule has 0 unspecified atom stereocenters. The number of rotatable bonds is 5. The van der Waals surface area contributed by atoms with Crippen LogP contribution in [0.15, 0.2) is 6.33 Å². The van der Waals surface area contributed by atoms with Crippen molar-refractivity contribution in [3.8, 4) is 0 Å². The van der Waals surface area contributed by atoms with Crippen molar-refractivity contribution >= 4 is 0 Å². The molecule has 6 nitrogen and oxygen atoms in total. The number of aromatic nitrogens is 5. The smallest absolute Gasteiger partial charge is 0.148 e. The van der Waals surface area contributed by atoms with Gasteiger partial charge >= 0.3 is 0 Å². The Morgan fingerprint density at radius 3 is 2.58 bits per heavy atom. The first-order valence-corrected chi connectivity index (χ1v) is 6.62. The SMILES string of the molecule is Cc1nn(Cc2ncnn2CC(C)C)c(C)c1CN. The summed E-state index contributed by atoms with van der Waals surface area (Å²) in [6.07, 6.45) is 1.60. The summed E-state index contributed by atoms with van der Waals surface area (Å²) in [6.45, 7) is 10.4. The lowest BCUT2D eigenvalue weighted by molar-refractivity contribution is 0.455. The summed E-state index contributed by atoms with van der Waals surface area (Å²) in [7, 11) is 0. The summed E-state index contributed by atoms with van der Waals surface area (Å²) in [6, 6.07) is 0. The molecule has 0 fully saturated rings. The molecule has 0 aliphatic heterocycles. The third-order valence-electron chi connectivity index (χ3n) is 3.26. The van der Waals surface area contributed by atoms with Gasteiger partial charge in [-0.2, -0.15) is 10.2 Å². The molecular formula is C13H22N6. The predicted molar refractivity (Wildman–Crippen MR) is 73.6 cm³/mol. The van der Waals surface area contributed by atoms with E-state index in [2.05, 4.69) is 29.0 Å². The van der Waals surface area contributed by atoms with Crippen molar-refractivity contribution in [3.63, 3.8) is 0 Å². The van der Waals surface area contributed by atoms with Crippen LogP contribution in [0.4, 0.5) is 0 Å². The van der Waals surface area contributed by atoms with Gasteiger partial charge in [-0.05, 0) is 19.8 Å². The molecule has 0 saturated heterocycles. The molecule has 2 rings (SSSR count). The monoisotopic (exact) mass is 262 g/mol. The molecule has 0 aliphatic rings. The lowest BCUT2D eigenvalue weighted by Gasteiger charge is -2.09. The van der Waals surface area contributed by atoms with Crippen molar-refractivity contribution in [2.24, 2.45) is 11.7 Å². The van der Waals surface area contributed by atoms with E-state index in [9.17, 15) is 0 Å². The van der Waals surface area contributed by atoms with E-state index in [-0.39, 0.29) is 0 Å². The Morgan fingerprint density at radius 1 is 1.26 bits per heavy atom. The van der Waals surface area contributed by atoms with E-state index in [1.165, 1.54) is 0 Å². The molecule has 6 heteroatoms. The largest absolute Gasteiger partial charge is 0.326 e. The molecule has 0 aliphatic carbocycles. The van der Waals surface area contributed by atoms with Gasteiger partial charge in [0.15, 0.2) is 0 Å². The highest BCUT2D eigenvalue weighted by Gasteiger charge is 2.13. The van der Waals surface area contributed by atoms with E-state index in [0.29, 0.717) is 19.0 Å². The number of hydrogen-bond donors (Lipinski definition) is 1. The second kappa shape index (κ2) is 5.52. The molecule has 2 N–H and O–H groups in total. The first kappa shape index (κ1) is 13.7. The minimum atomic E-state index is 0.524. The van der Waals surface area contributed by atoms with E-state index in [4.69, 9.17) is 5.73 Å². The zero-order chi connectivity index (χ0) is 14.0. The predicted octanol–water partition coefficient (Wildman–Crippen LogP) is 1.25. The average Bonchev–Trinajstić information content (AvgIpc) is 2.85. The third kappa shape index (κ3) is 2.84. The topological polar surface area (TPSA) is 74.5 Å². The first-order valence-electron chi connectivity index (χ1n) is 6.62. The highest BCUT2D eigenvalue weighted by Crippen LogP contribution is 2.13. The Morgan fingerprint density at radius 2 is 2.00 bits per heavy atom. The van der Waals surface area contributed by atoms with Crippen LogP contribution >= 0.6 is 0 Å². The number of nitrogens with two attached hydrogens (primary N) is 1. The minimum absolute atomic E-state index is 0.524. The Labute approximate surface area is 113 Å². The summed E-state index contributed by atoms with van der Waals surface area (Å²) in [5.41, 5.74) is 8.97. The van der Waals surface area contributed by atoms with E-state index >= 15 is 0 Å². The number of aryl methyl sites for hydroxylation is 1. The maximum Gasteiger partial charge on any atom is 0.148 e. The molecule has 2 heterocycles. The van der Waals surface area contributed by atoms with Gasteiger partial charge in [0.2, 0.25) is 0 Å². The molecular weight excluding hydrogens is 240 g/mol. The maximum atomic E-state index is 5.75. The molecule has 0 saturated carbocycles. The van der Waals surface area contributed by atoms with E-state index in [1.807, 2.05) is 23.2 Å². The van der Waals surface area contributed by atoms with Gasteiger partial charge in [0, 0.05) is 24.3 Å². The highest BCUT2D eigenvalue weighted by molar-refractivity contribution is 5.24. The van der Waals surface area contributed by atoms with Gasteiger partial charge < -0.3 is 5.73 Å². The molecule has 2 aromatic rings. The summed E-state index contributed by atoms with van der Waals surface area (Å²) >= 11 is 0. The fraction of sp³-hybridized carbons (Fsp3) is 0.615. The van der Waals surface area contributed by atoms with Crippen LogP contribution in [0.3, 0.4) is 0 Å². The van der Waals surface area contributed by atoms with Crippen molar-refractivity contribution in [3.05, 3.63) is 29.1 Å². The quantitative estimate of drug-likeness (QED) is 0.880. The zero-order valence-corrected chi connectivity index (χ0v) is 12.1. The zero-order valence-electron chi connectivity index (χ0n) is 12.1. The molecule has 2 aromatic heterocycles. The molecule has 0 amide bonds. The van der Waals surface area contributed by atoms with Gasteiger partial charge in [-0.15, -0.1) is 0 Å². The van der Waals surface area contributed by atoms with Gasteiger partial charge in [0.1, 0.15) is 18.7 Å². The van der Waals surface area contributed by atoms with E-state index in [0.717, 1.165) is 29.3 Å². The molecule has 0 radical (unpaired) electrons. The Kier molecular flexibility index (Phi) is 3.99. The Balaban J connectivity index is 2.24. The van der Waals surface area contributed by atoms with Gasteiger partial charge in [0.25, 0.3) is 0 Å². The Hall–Kier alpha value is -1.69. The van der Waals surface area contributed by atoms with Crippen molar-refractivity contribution < 1.29 is 0 Å². The summed E-state index contributed by atoms with van der Waals surface area (Å²) in [5, 5.41) is 8.80. The summed E-state index contributed by atoms with van der Waals surface area (Å²) in [5.74, 6) is 1.48. The van der Waals surface area contributed by atoms with Crippen LogP contribution in [0, 0.1) is 19.8 Å². The van der Waals surface area contributed by atoms with Gasteiger partial charge in [-0.1, -0.05) is 13.8 Å². The molecule has 0 atom stereocenters. The fourth-order valence-corrected chi connectivity index (χ4v) is 2.23. The van der Waals surface area contributed by atoms with Crippen LogP contribution in [0.1, 0.15) is 36.6 Å². The molecule has 0 bridgehead atoms. The normalized spacial score (nSPS) is 11.5. The van der Waals surface area contributed by atoms with E-state index in [1.54, 1.807) is 6.33 Å². The minimum Gasteiger partial charge on any atom is -0.326 e. The lowest BCUT2D eigenvalue weighted by Crippen LogP contribution is -2.14. The summed E-state index contributed by atoms with van der Waals surface area (Å²) < 4.78 is 3.90. The molecule has 104 valence electrons. The average molecular weight is 262 g/mol. The lowest BCUT2D eigenvalue weighted by atomic mass is 10.2. The van der Waals surface area contributed by atoms with Gasteiger partial charge in [-0.25, -0.2) is 9.67 Å². The van der Waals surface area contributed by atoms with Crippen LogP contribution in [0.5, 0.6) is 0 Å². The van der Waals surface area contributed by atoms with Crippen molar-refractivity contribution in [2.45, 2.75) is 47.3 Å². The number of hydrogen-bond acceptors (Lipinski definition) is 4. The second-order valence-electron chi connectivity index (χ2n) is 5.26. The Bertz CT molecular complexity index is 551. The van der Waals surface area contributed by atoms with Crippen molar-refractivity contribution in [1.29, 1.82) is 0 Å². The fourth-order valence-electron chi connectivity index (χ4n) is 2.23. The first-order chi connectivity index (χ1) is 9.02. The molecule has 0 spiro atoms. The molecule has 19 heavy (non-hydrogen) atoms. The molecule has 0 aromatic carbocycles. The highest BCUT2D eigenvalue weighted by atomic mass is 15.4. The van der Waals surface area contributed by atoms with Gasteiger partial charge in [-0.3, -0.25) is 4.68 Å². The van der Waals surface area contributed by atoms with Crippen molar-refractivity contribution in [1.82, 2.24) is 24.5 Å². The van der Waals surface area contributed by atoms with E-state index < -0.39 is 0 Å². The van der Waals surface area contributed by atoms with Crippen LogP contribution < -0.4 is 5.73 Å². The van der Waals surface area contributed by atoms with Crippen molar-refractivity contribution in [2.75, 3.05) is 0 Å². The maximum absolute atomic E-state index is 5.75. The summed E-state index contributed by atoms with van der Waals surface area (Å²) in [4.78, 5) is 4.33. The van der Waals surface area contributed by atoms with Crippen LogP contribution in [-0.2, 0) is 19.6 Å². The standard InChI is InChI=1S/C13H22N6/c1-9(2)6-19-13(15-8-16-19)7-18-11(4)12(5-14)10(3)17-18/h8-9H,5-7,14H2,1-4H3. The van der Waals surface area contributed by atoms with Crippen LogP contribution in [0.25, 0.3) is 0 Å². The number of nitrogens with zero attached hydrogens (tertiary/aromatic N) is 5. The second-order valence-corrected chi connectivity index (χ2v) is 5.26. The van der Waals surface area contributed by atoms with Gasteiger partial charge in [0.05, 0.1) is 5.69 Å². The van der Waals surface area contributed by atoms with Crippen LogP contribution in [-0.4, -0.2) is 24.5 Å². The third-order valence-corrected chi connectivity index (χ3v) is 3.26. The van der Waals surface area contributed by atoms with Crippen LogP contribution in [0.2, 0.25) is 0 Å².